The number of nitro benzene ring substituents is 1. The second-order valence-electron chi connectivity index (χ2n) is 6.98. The zero-order valence-electron chi connectivity index (χ0n) is 17.2. The van der Waals surface area contributed by atoms with Crippen LogP contribution in [-0.2, 0) is 13.6 Å². The van der Waals surface area contributed by atoms with Crippen LogP contribution < -0.4 is 4.90 Å². The molecule has 0 aliphatic heterocycles. The zero-order chi connectivity index (χ0) is 22.5. The second-order valence-corrected chi connectivity index (χ2v) is 7.99. The van der Waals surface area contributed by atoms with Crippen LogP contribution in [0.3, 0.4) is 0 Å². The molecule has 4 rings (SSSR count). The van der Waals surface area contributed by atoms with E-state index in [0.29, 0.717) is 22.3 Å². The van der Waals surface area contributed by atoms with Gasteiger partial charge in [-0.25, -0.2) is 0 Å². The van der Waals surface area contributed by atoms with Gasteiger partial charge in [-0.05, 0) is 41.6 Å². The molecular weight excluding hydrogens is 426 g/mol. The molecule has 32 heavy (non-hydrogen) atoms. The third-order valence-corrected chi connectivity index (χ3v) is 5.89. The van der Waals surface area contributed by atoms with Gasteiger partial charge in [-0.15, -0.1) is 10.2 Å². The minimum atomic E-state index is -0.487. The standard InChI is InChI=1S/C23H19N5O3S/c1-26-16-24-25-23(26)32-21-13-12-18(14-20(21)28(30)31)22(29)27(19-10-6-3-7-11-19)15-17-8-4-2-5-9-17/h2-14,16H,15H2,1H3. The van der Waals surface area contributed by atoms with Gasteiger partial charge in [0.1, 0.15) is 6.33 Å². The number of hydrogen-bond donors (Lipinski definition) is 0. The maximum Gasteiger partial charge on any atom is 0.284 e. The Bertz CT molecular complexity index is 1240. The Morgan fingerprint density at radius 2 is 1.75 bits per heavy atom. The summed E-state index contributed by atoms with van der Waals surface area (Å²) in [5.41, 5.74) is 1.74. The lowest BCUT2D eigenvalue weighted by Crippen LogP contribution is -2.30. The Hall–Kier alpha value is -3.98. The molecule has 0 radical (unpaired) electrons. The smallest absolute Gasteiger partial charge is 0.284 e. The van der Waals surface area contributed by atoms with Crippen LogP contribution >= 0.6 is 11.8 Å². The second kappa shape index (κ2) is 9.44. The lowest BCUT2D eigenvalue weighted by molar-refractivity contribution is -0.387. The van der Waals surface area contributed by atoms with Gasteiger partial charge in [0.05, 0.1) is 16.4 Å². The summed E-state index contributed by atoms with van der Waals surface area (Å²) < 4.78 is 1.67. The molecule has 1 heterocycles. The van der Waals surface area contributed by atoms with Crippen molar-refractivity contribution in [3.05, 3.63) is 106 Å². The van der Waals surface area contributed by atoms with Crippen LogP contribution in [0.25, 0.3) is 0 Å². The quantitative estimate of drug-likeness (QED) is 0.302. The average Bonchev–Trinajstić information content (AvgIpc) is 3.22. The fourth-order valence-electron chi connectivity index (χ4n) is 3.15. The number of nitrogens with zero attached hydrogens (tertiary/aromatic N) is 5. The lowest BCUT2D eigenvalue weighted by atomic mass is 10.1. The van der Waals surface area contributed by atoms with Gasteiger partial charge in [-0.3, -0.25) is 14.9 Å². The average molecular weight is 446 g/mol. The number of hydrogen-bond acceptors (Lipinski definition) is 6. The maximum atomic E-state index is 13.5. The van der Waals surface area contributed by atoms with Gasteiger partial charge in [-0.1, -0.05) is 48.5 Å². The zero-order valence-corrected chi connectivity index (χ0v) is 18.0. The van der Waals surface area contributed by atoms with E-state index in [1.54, 1.807) is 28.6 Å². The van der Waals surface area contributed by atoms with E-state index >= 15 is 0 Å². The number of para-hydroxylation sites is 1. The van der Waals surface area contributed by atoms with Crippen LogP contribution in [0.1, 0.15) is 15.9 Å². The number of amides is 1. The summed E-state index contributed by atoms with van der Waals surface area (Å²) in [6.45, 7) is 0.340. The predicted octanol–water partition coefficient (Wildman–Crippen LogP) is 4.72. The number of aromatic nitrogens is 3. The molecule has 4 aromatic rings. The molecule has 160 valence electrons. The van der Waals surface area contributed by atoms with Crippen LogP contribution in [0, 0.1) is 10.1 Å². The van der Waals surface area contributed by atoms with Crippen molar-refractivity contribution >= 4 is 29.0 Å². The van der Waals surface area contributed by atoms with E-state index in [1.807, 2.05) is 60.7 Å². The van der Waals surface area contributed by atoms with Gasteiger partial charge in [0.2, 0.25) is 0 Å². The summed E-state index contributed by atoms with van der Waals surface area (Å²) in [5.74, 6) is -0.321. The van der Waals surface area contributed by atoms with E-state index in [0.717, 1.165) is 17.3 Å². The highest BCUT2D eigenvalue weighted by Crippen LogP contribution is 2.34. The Balaban J connectivity index is 1.69. The number of carbonyl (C=O) groups is 1. The molecular formula is C23H19N5O3S. The van der Waals surface area contributed by atoms with Crippen LogP contribution in [0.15, 0.2) is 95.2 Å². The van der Waals surface area contributed by atoms with Crippen molar-refractivity contribution in [3.8, 4) is 0 Å². The molecule has 0 bridgehead atoms. The summed E-state index contributed by atoms with van der Waals surface area (Å²) in [6.07, 6.45) is 1.52. The number of carbonyl (C=O) groups excluding carboxylic acids is 1. The normalized spacial score (nSPS) is 10.7. The predicted molar refractivity (Wildman–Crippen MR) is 122 cm³/mol. The van der Waals surface area contributed by atoms with E-state index in [1.165, 1.54) is 12.4 Å². The molecule has 0 saturated heterocycles. The van der Waals surface area contributed by atoms with E-state index in [9.17, 15) is 14.9 Å². The number of anilines is 1. The van der Waals surface area contributed by atoms with Crippen LogP contribution in [-0.4, -0.2) is 25.6 Å². The van der Waals surface area contributed by atoms with Crippen LogP contribution in [0.2, 0.25) is 0 Å². The fourth-order valence-corrected chi connectivity index (χ4v) is 4.00. The molecule has 0 aliphatic carbocycles. The van der Waals surface area contributed by atoms with E-state index in [4.69, 9.17) is 0 Å². The van der Waals surface area contributed by atoms with Crippen molar-refractivity contribution in [1.29, 1.82) is 0 Å². The summed E-state index contributed by atoms with van der Waals surface area (Å²) in [6, 6.07) is 23.4. The first-order valence-electron chi connectivity index (χ1n) is 9.74. The Labute approximate surface area is 188 Å². The third kappa shape index (κ3) is 4.68. The lowest BCUT2D eigenvalue weighted by Gasteiger charge is -2.23. The number of rotatable bonds is 7. The Kier molecular flexibility index (Phi) is 6.27. The summed E-state index contributed by atoms with van der Waals surface area (Å²) >= 11 is 1.13. The molecule has 9 heteroatoms. The molecule has 0 aliphatic rings. The number of benzene rings is 3. The first kappa shape index (κ1) is 21.3. The first-order chi connectivity index (χ1) is 15.5. The van der Waals surface area contributed by atoms with Crippen molar-refractivity contribution in [3.63, 3.8) is 0 Å². The van der Waals surface area contributed by atoms with Crippen molar-refractivity contribution < 1.29 is 9.72 Å². The largest absolute Gasteiger partial charge is 0.311 e. The Morgan fingerprint density at radius 3 is 2.38 bits per heavy atom. The Morgan fingerprint density at radius 1 is 1.06 bits per heavy atom. The van der Waals surface area contributed by atoms with Gasteiger partial charge in [-0.2, -0.15) is 0 Å². The summed E-state index contributed by atoms with van der Waals surface area (Å²) in [7, 11) is 1.76. The number of nitro groups is 1. The van der Waals surface area contributed by atoms with Crippen molar-refractivity contribution in [1.82, 2.24) is 14.8 Å². The van der Waals surface area contributed by atoms with E-state index in [2.05, 4.69) is 10.2 Å². The van der Waals surface area contributed by atoms with Crippen LogP contribution in [0.4, 0.5) is 11.4 Å². The molecule has 0 unspecified atom stereocenters. The number of aryl methyl sites for hydroxylation is 1. The maximum absolute atomic E-state index is 13.5. The van der Waals surface area contributed by atoms with E-state index in [-0.39, 0.29) is 17.2 Å². The highest BCUT2D eigenvalue weighted by atomic mass is 32.2. The molecule has 0 fully saturated rings. The monoisotopic (exact) mass is 445 g/mol. The summed E-state index contributed by atoms with van der Waals surface area (Å²) in [5, 5.41) is 20.0. The van der Waals surface area contributed by atoms with Gasteiger partial charge in [0.15, 0.2) is 5.16 Å². The van der Waals surface area contributed by atoms with Gasteiger partial charge >= 0.3 is 0 Å². The van der Waals surface area contributed by atoms with Crippen molar-refractivity contribution in [2.24, 2.45) is 7.05 Å². The minimum Gasteiger partial charge on any atom is -0.311 e. The molecule has 3 aromatic carbocycles. The minimum absolute atomic E-state index is 0.156. The molecule has 0 saturated carbocycles. The van der Waals surface area contributed by atoms with Crippen molar-refractivity contribution in [2.45, 2.75) is 16.6 Å². The van der Waals surface area contributed by atoms with Crippen molar-refractivity contribution in [2.75, 3.05) is 4.90 Å². The van der Waals surface area contributed by atoms with E-state index < -0.39 is 4.92 Å². The van der Waals surface area contributed by atoms with Gasteiger partial charge in [0, 0.05) is 24.4 Å². The highest BCUT2D eigenvalue weighted by Gasteiger charge is 2.24. The fraction of sp³-hybridized carbons (Fsp3) is 0.0870. The molecule has 0 N–H and O–H groups in total. The third-order valence-electron chi connectivity index (χ3n) is 4.77. The van der Waals surface area contributed by atoms with Crippen LogP contribution in [0.5, 0.6) is 0 Å². The highest BCUT2D eigenvalue weighted by molar-refractivity contribution is 7.99. The SMILES string of the molecule is Cn1cnnc1Sc1ccc(C(=O)N(Cc2ccccc2)c2ccccc2)cc1[N+](=O)[O-]. The molecule has 1 aromatic heterocycles. The molecule has 0 atom stereocenters. The molecule has 1 amide bonds. The molecule has 8 nitrogen and oxygen atoms in total. The van der Waals surface area contributed by atoms with Gasteiger partial charge in [0.25, 0.3) is 11.6 Å². The summed E-state index contributed by atoms with van der Waals surface area (Å²) in [4.78, 5) is 26.8. The first-order valence-corrected chi connectivity index (χ1v) is 10.6. The molecule has 0 spiro atoms. The topological polar surface area (TPSA) is 94.2 Å². The van der Waals surface area contributed by atoms with Gasteiger partial charge < -0.3 is 9.47 Å².